The molecule has 1 aliphatic rings. The molecule has 0 unspecified atom stereocenters. The number of carbonyl (C=O) groups excluding carboxylic acids is 1. The van der Waals surface area contributed by atoms with Gasteiger partial charge in [0, 0.05) is 18.8 Å². The number of aromatic amines is 1. The van der Waals surface area contributed by atoms with Crippen LogP contribution in [-0.2, 0) is 6.42 Å². The van der Waals surface area contributed by atoms with Crippen molar-refractivity contribution in [1.29, 1.82) is 0 Å². The predicted molar refractivity (Wildman–Crippen MR) is 89.8 cm³/mol. The molecule has 1 aliphatic heterocycles. The van der Waals surface area contributed by atoms with Crippen molar-refractivity contribution in [3.05, 3.63) is 46.5 Å². The third-order valence-corrected chi connectivity index (χ3v) is 4.28. The van der Waals surface area contributed by atoms with Crippen molar-refractivity contribution in [2.75, 3.05) is 18.0 Å². The Labute approximate surface area is 143 Å². The average molecular weight is 349 g/mol. The first kappa shape index (κ1) is 16.3. The summed E-state index contributed by atoms with van der Waals surface area (Å²) in [5.74, 6) is -1.03. The van der Waals surface area contributed by atoms with Crippen LogP contribution in [0.5, 0.6) is 0 Å². The van der Waals surface area contributed by atoms with Crippen LogP contribution in [0.1, 0.15) is 33.6 Å². The lowest BCUT2D eigenvalue weighted by atomic mass is 10.1. The Kier molecular flexibility index (Phi) is 4.44. The van der Waals surface area contributed by atoms with Crippen LogP contribution in [-0.4, -0.2) is 46.1 Å². The minimum atomic E-state index is -0.955. The van der Waals surface area contributed by atoms with E-state index >= 15 is 0 Å². The van der Waals surface area contributed by atoms with Gasteiger partial charge in [0.1, 0.15) is 0 Å². The number of carbonyl (C=O) groups is 2. The quantitative estimate of drug-likeness (QED) is 0.767. The molecular formula is C16H17ClN4O3. The molecule has 8 heteroatoms. The van der Waals surface area contributed by atoms with Crippen LogP contribution in [0.4, 0.5) is 5.69 Å². The minimum Gasteiger partial charge on any atom is -0.478 e. The summed E-state index contributed by atoms with van der Waals surface area (Å²) in [5.41, 5.74) is 1.81. The van der Waals surface area contributed by atoms with Gasteiger partial charge < -0.3 is 20.3 Å². The van der Waals surface area contributed by atoms with Gasteiger partial charge in [0.15, 0.2) is 11.0 Å². The molecule has 2 aromatic rings. The highest BCUT2D eigenvalue weighted by molar-refractivity contribution is 6.30. The maximum atomic E-state index is 12.2. The fourth-order valence-electron chi connectivity index (χ4n) is 2.60. The number of nitrogens with zero attached hydrogens (tertiary/aromatic N) is 2. The van der Waals surface area contributed by atoms with E-state index in [1.54, 1.807) is 18.2 Å². The SMILES string of the molecule is CCc1[nH]c(C(=O)NC2CN(c3cccc(C(=O)O)c3)C2)nc1Cl. The number of benzene rings is 1. The number of aromatic nitrogens is 2. The molecule has 0 spiro atoms. The monoisotopic (exact) mass is 348 g/mol. The highest BCUT2D eigenvalue weighted by atomic mass is 35.5. The molecule has 7 nitrogen and oxygen atoms in total. The molecule has 0 atom stereocenters. The first-order valence-corrected chi connectivity index (χ1v) is 7.99. The van der Waals surface area contributed by atoms with E-state index in [0.29, 0.717) is 24.7 Å². The summed E-state index contributed by atoms with van der Waals surface area (Å²) in [7, 11) is 0. The molecular weight excluding hydrogens is 332 g/mol. The standard InChI is InChI=1S/C16H17ClN4O3/c1-2-12-13(17)20-14(19-12)15(22)18-10-7-21(8-10)11-5-3-4-9(6-11)16(23)24/h3-6,10H,2,7-8H2,1H3,(H,18,22)(H,19,20)(H,23,24). The number of aryl methyl sites for hydroxylation is 1. The van der Waals surface area contributed by atoms with Crippen LogP contribution in [0.25, 0.3) is 0 Å². The second-order valence-corrected chi connectivity index (χ2v) is 6.00. The van der Waals surface area contributed by atoms with E-state index in [2.05, 4.69) is 15.3 Å². The van der Waals surface area contributed by atoms with Crippen molar-refractivity contribution in [2.24, 2.45) is 0 Å². The number of nitrogens with one attached hydrogen (secondary N) is 2. The smallest absolute Gasteiger partial charge is 0.335 e. The Bertz CT molecular complexity index is 783. The number of carboxylic acid groups (broad SMARTS) is 1. The molecule has 1 saturated heterocycles. The maximum Gasteiger partial charge on any atom is 0.335 e. The summed E-state index contributed by atoms with van der Waals surface area (Å²) >= 11 is 5.94. The minimum absolute atomic E-state index is 0.0139. The van der Waals surface area contributed by atoms with Crippen LogP contribution in [0.3, 0.4) is 0 Å². The van der Waals surface area contributed by atoms with Crippen LogP contribution in [0.15, 0.2) is 24.3 Å². The van der Waals surface area contributed by atoms with E-state index in [4.69, 9.17) is 16.7 Å². The second-order valence-electron chi connectivity index (χ2n) is 5.64. The van der Waals surface area contributed by atoms with E-state index in [1.165, 1.54) is 0 Å². The van der Waals surface area contributed by atoms with Gasteiger partial charge >= 0.3 is 5.97 Å². The summed E-state index contributed by atoms with van der Waals surface area (Å²) in [4.78, 5) is 32.1. The lowest BCUT2D eigenvalue weighted by Crippen LogP contribution is -2.59. The summed E-state index contributed by atoms with van der Waals surface area (Å²) in [6.07, 6.45) is 0.677. The number of rotatable bonds is 5. The fraction of sp³-hybridized carbons (Fsp3) is 0.312. The average Bonchev–Trinajstić information content (AvgIpc) is 2.91. The molecule has 2 heterocycles. The van der Waals surface area contributed by atoms with Crippen LogP contribution < -0.4 is 10.2 Å². The number of imidazole rings is 1. The summed E-state index contributed by atoms with van der Waals surface area (Å²) in [6, 6.07) is 6.73. The normalized spacial score (nSPS) is 14.3. The molecule has 1 fully saturated rings. The molecule has 0 bridgehead atoms. The molecule has 1 aromatic carbocycles. The zero-order valence-corrected chi connectivity index (χ0v) is 13.8. The van der Waals surface area contributed by atoms with Gasteiger partial charge in [-0.25, -0.2) is 9.78 Å². The van der Waals surface area contributed by atoms with E-state index in [1.807, 2.05) is 17.9 Å². The van der Waals surface area contributed by atoms with Crippen molar-refractivity contribution in [3.8, 4) is 0 Å². The van der Waals surface area contributed by atoms with Gasteiger partial charge in [-0.05, 0) is 24.6 Å². The Morgan fingerprint density at radius 3 is 2.83 bits per heavy atom. The number of amides is 1. The lowest BCUT2D eigenvalue weighted by molar-refractivity contribution is 0.0696. The zero-order chi connectivity index (χ0) is 17.3. The van der Waals surface area contributed by atoms with Crippen molar-refractivity contribution >= 4 is 29.2 Å². The van der Waals surface area contributed by atoms with E-state index in [-0.39, 0.29) is 23.3 Å². The first-order valence-electron chi connectivity index (χ1n) is 7.61. The topological polar surface area (TPSA) is 98.3 Å². The van der Waals surface area contributed by atoms with Gasteiger partial charge in [0.05, 0.1) is 17.3 Å². The Balaban J connectivity index is 1.57. The Morgan fingerprint density at radius 1 is 1.46 bits per heavy atom. The third-order valence-electron chi connectivity index (χ3n) is 3.97. The molecule has 3 N–H and O–H groups in total. The summed E-state index contributed by atoms with van der Waals surface area (Å²) < 4.78 is 0. The van der Waals surface area contributed by atoms with Crippen LogP contribution in [0, 0.1) is 0 Å². The number of hydrogen-bond donors (Lipinski definition) is 3. The zero-order valence-electron chi connectivity index (χ0n) is 13.0. The summed E-state index contributed by atoms with van der Waals surface area (Å²) in [5, 5.41) is 12.2. The first-order chi connectivity index (χ1) is 11.5. The van der Waals surface area contributed by atoms with Gasteiger partial charge in [0.25, 0.3) is 5.91 Å². The Hall–Kier alpha value is -2.54. The maximum absolute atomic E-state index is 12.2. The second kappa shape index (κ2) is 6.52. The van der Waals surface area contributed by atoms with E-state index < -0.39 is 5.97 Å². The van der Waals surface area contributed by atoms with Gasteiger partial charge in [-0.15, -0.1) is 0 Å². The van der Waals surface area contributed by atoms with E-state index in [0.717, 1.165) is 11.4 Å². The molecule has 1 aromatic heterocycles. The largest absolute Gasteiger partial charge is 0.478 e. The molecule has 0 saturated carbocycles. The lowest BCUT2D eigenvalue weighted by Gasteiger charge is -2.41. The van der Waals surface area contributed by atoms with E-state index in [9.17, 15) is 9.59 Å². The number of aromatic carboxylic acids is 1. The number of halogens is 1. The molecule has 0 aliphatic carbocycles. The molecule has 24 heavy (non-hydrogen) atoms. The van der Waals surface area contributed by atoms with Crippen LogP contribution >= 0.6 is 11.6 Å². The highest BCUT2D eigenvalue weighted by Crippen LogP contribution is 2.22. The summed E-state index contributed by atoms with van der Waals surface area (Å²) in [6.45, 7) is 3.16. The van der Waals surface area contributed by atoms with Crippen LogP contribution in [0.2, 0.25) is 5.15 Å². The number of carboxylic acids is 1. The number of hydrogen-bond acceptors (Lipinski definition) is 4. The van der Waals surface area contributed by atoms with Crippen molar-refractivity contribution < 1.29 is 14.7 Å². The fourth-order valence-corrected chi connectivity index (χ4v) is 2.87. The molecule has 1 amide bonds. The molecule has 0 radical (unpaired) electrons. The molecule has 126 valence electrons. The predicted octanol–water partition coefficient (Wildman–Crippen LogP) is 1.94. The van der Waals surface area contributed by atoms with Gasteiger partial charge in [-0.2, -0.15) is 0 Å². The Morgan fingerprint density at radius 2 is 2.21 bits per heavy atom. The van der Waals surface area contributed by atoms with Gasteiger partial charge in [-0.3, -0.25) is 4.79 Å². The van der Waals surface area contributed by atoms with Gasteiger partial charge in [-0.1, -0.05) is 24.6 Å². The van der Waals surface area contributed by atoms with Crippen molar-refractivity contribution in [1.82, 2.24) is 15.3 Å². The number of H-pyrrole nitrogens is 1. The number of anilines is 1. The van der Waals surface area contributed by atoms with Crippen molar-refractivity contribution in [2.45, 2.75) is 19.4 Å². The van der Waals surface area contributed by atoms with Gasteiger partial charge in [0.2, 0.25) is 0 Å². The molecule has 3 rings (SSSR count). The highest BCUT2D eigenvalue weighted by Gasteiger charge is 2.29. The third kappa shape index (κ3) is 3.21. The van der Waals surface area contributed by atoms with Crippen molar-refractivity contribution in [3.63, 3.8) is 0 Å².